The Morgan fingerprint density at radius 1 is 0.859 bits per heavy atom. The number of nitrogens with one attached hydrogen (secondary N) is 1. The number of Topliss-reactive ketones (excluding diaryl/α,β-unsaturated/α-hetero) is 3. The number of hydrogen-bond acceptors (Lipinski definition) is 14. The molecule has 0 saturated carbocycles. The molecule has 0 spiro atoms. The topological polar surface area (TPSA) is 204 Å². The number of ether oxygens (including phenoxy) is 5. The van der Waals surface area contributed by atoms with Crippen molar-refractivity contribution < 1.29 is 62.7 Å². The second-order valence-electron chi connectivity index (χ2n) is 17.3. The van der Waals surface area contributed by atoms with Crippen LogP contribution in [0.5, 0.6) is 11.5 Å². The predicted molar refractivity (Wildman–Crippen MR) is 233 cm³/mol. The van der Waals surface area contributed by atoms with Crippen LogP contribution in [-0.4, -0.2) is 101 Å². The van der Waals surface area contributed by atoms with Gasteiger partial charge in [0.25, 0.3) is 11.7 Å². The first-order valence-electron chi connectivity index (χ1n) is 21.7. The molecule has 15 heteroatoms. The minimum Gasteiger partial charge on any atom is -0.462 e. The van der Waals surface area contributed by atoms with E-state index in [1.807, 2.05) is 0 Å². The molecule has 5 bridgehead atoms. The molecule has 2 aromatic rings. The molecule has 5 aliphatic rings. The zero-order valence-electron chi connectivity index (χ0n) is 37.8. The van der Waals surface area contributed by atoms with Crippen LogP contribution in [0.25, 0.3) is 0 Å². The van der Waals surface area contributed by atoms with Gasteiger partial charge in [-0.1, -0.05) is 64.1 Å². The Morgan fingerprint density at radius 2 is 1.53 bits per heavy atom. The number of benzene rings is 2. The number of likely N-dealkylation sites (tertiary alicyclic amines) is 1. The monoisotopic (exact) mass is 882 g/mol. The lowest BCUT2D eigenvalue weighted by Gasteiger charge is -2.38. The maximum Gasteiger partial charge on any atom is 0.343 e. The summed E-state index contributed by atoms with van der Waals surface area (Å²) in [5, 5.41) is 25.7. The summed E-state index contributed by atoms with van der Waals surface area (Å²) in [4.78, 5) is 87.0. The molecule has 0 aromatic heterocycles. The molecule has 64 heavy (non-hydrogen) atoms. The summed E-state index contributed by atoms with van der Waals surface area (Å²) in [6.45, 7) is 13.2. The fourth-order valence-corrected chi connectivity index (χ4v) is 8.93. The van der Waals surface area contributed by atoms with Crippen LogP contribution in [0.1, 0.15) is 115 Å². The molecule has 4 heterocycles. The summed E-state index contributed by atoms with van der Waals surface area (Å²) in [5.74, 6) is -9.77. The third-order valence-electron chi connectivity index (χ3n) is 12.8. The molecule has 9 atom stereocenters. The zero-order valence-corrected chi connectivity index (χ0v) is 37.8. The number of carbonyl (C=O) groups excluding carboxylic acids is 6. The van der Waals surface area contributed by atoms with E-state index in [0.29, 0.717) is 25.9 Å². The molecule has 4 aliphatic heterocycles. The van der Waals surface area contributed by atoms with Gasteiger partial charge in [0.15, 0.2) is 0 Å². The van der Waals surface area contributed by atoms with Gasteiger partial charge < -0.3 is 44.1 Å². The van der Waals surface area contributed by atoms with Crippen LogP contribution in [0, 0.1) is 30.6 Å². The van der Waals surface area contributed by atoms with Gasteiger partial charge in [0, 0.05) is 68.9 Å². The highest BCUT2D eigenvalue weighted by Gasteiger charge is 2.53. The first kappa shape index (κ1) is 47.6. The minimum absolute atomic E-state index is 0.0494. The Kier molecular flexibility index (Phi) is 14.5. The standard InChI is InChI=1S/C49H58N2O13/c1-25-17-16-18-26(2)47(58)50-37-38(51-22-14-11-15-23-51)42(56)34-35(41(37)55)44(63-48(59)32-19-12-10-13-20-32)30(6)45-36(34)46(57)49(8,64-45)61-24-21-33(60-9)27(3)43(62-31(7)52)29(5)40(54)28(4)39(25)53/h10,12-13,16-21,24-25,27-29,33,39-40,43,53-54H,11,14-15,22-23H2,1-9H3,(H,50,58)/b17-16-,24-21-,26-18-/t25-,27+,28+,29-,33-,39-,40-,43+,49-/m0/s1. The molecule has 342 valence electrons. The maximum absolute atomic E-state index is 15.2. The van der Waals surface area contributed by atoms with E-state index >= 15 is 9.59 Å². The molecule has 15 nitrogen and oxygen atoms in total. The number of rotatable bonds is 5. The van der Waals surface area contributed by atoms with Crippen molar-refractivity contribution in [2.75, 3.05) is 20.2 Å². The number of methoxy groups -OCH3 is 1. The van der Waals surface area contributed by atoms with Crippen molar-refractivity contribution in [3.8, 4) is 11.5 Å². The Morgan fingerprint density at radius 3 is 2.17 bits per heavy atom. The fraction of sp³-hybridized carbons (Fsp3) is 0.469. The molecule has 1 amide bonds. The van der Waals surface area contributed by atoms with Crippen LogP contribution in [0.4, 0.5) is 0 Å². The Bertz CT molecular complexity index is 2320. The lowest BCUT2D eigenvalue weighted by atomic mass is 9.78. The van der Waals surface area contributed by atoms with Crippen molar-refractivity contribution in [3.05, 3.63) is 106 Å². The number of piperidine rings is 1. The molecule has 1 aliphatic carbocycles. The van der Waals surface area contributed by atoms with E-state index in [9.17, 15) is 29.4 Å². The number of ketones is 3. The minimum atomic E-state index is -2.13. The smallest absolute Gasteiger partial charge is 0.343 e. The average molecular weight is 883 g/mol. The molecular weight excluding hydrogens is 825 g/mol. The first-order chi connectivity index (χ1) is 30.3. The van der Waals surface area contributed by atoms with Crippen LogP contribution in [-0.2, 0) is 23.8 Å². The van der Waals surface area contributed by atoms with Crippen LogP contribution in [0.3, 0.4) is 0 Å². The molecule has 0 unspecified atom stereocenters. The summed E-state index contributed by atoms with van der Waals surface area (Å²) >= 11 is 0. The van der Waals surface area contributed by atoms with Crippen molar-refractivity contribution in [3.63, 3.8) is 0 Å². The summed E-state index contributed by atoms with van der Waals surface area (Å²) < 4.78 is 29.9. The molecule has 7 rings (SSSR count). The quantitative estimate of drug-likeness (QED) is 0.234. The fourth-order valence-electron chi connectivity index (χ4n) is 8.93. The van der Waals surface area contributed by atoms with Crippen molar-refractivity contribution >= 4 is 35.2 Å². The van der Waals surface area contributed by atoms with E-state index in [-0.39, 0.29) is 50.7 Å². The van der Waals surface area contributed by atoms with E-state index in [2.05, 4.69) is 5.32 Å². The van der Waals surface area contributed by atoms with Crippen molar-refractivity contribution in [1.29, 1.82) is 0 Å². The predicted octanol–water partition coefficient (Wildman–Crippen LogP) is 5.96. The van der Waals surface area contributed by atoms with Crippen molar-refractivity contribution in [2.24, 2.45) is 23.7 Å². The van der Waals surface area contributed by atoms with Crippen LogP contribution in [0.15, 0.2) is 77.9 Å². The van der Waals surface area contributed by atoms with Gasteiger partial charge in [-0.25, -0.2) is 4.79 Å². The van der Waals surface area contributed by atoms with Gasteiger partial charge in [-0.3, -0.25) is 24.0 Å². The maximum atomic E-state index is 15.2. The van der Waals surface area contributed by atoms with Gasteiger partial charge in [-0.15, -0.1) is 0 Å². The van der Waals surface area contributed by atoms with Gasteiger partial charge in [0.1, 0.15) is 29.0 Å². The van der Waals surface area contributed by atoms with Crippen LogP contribution in [0.2, 0.25) is 0 Å². The second kappa shape index (κ2) is 19.5. The van der Waals surface area contributed by atoms with Crippen molar-refractivity contribution in [1.82, 2.24) is 10.2 Å². The third kappa shape index (κ3) is 9.19. The summed E-state index contributed by atoms with van der Waals surface area (Å²) in [6.07, 6.45) is 5.67. The number of esters is 2. The normalized spacial score (nSPS) is 31.0. The lowest BCUT2D eigenvalue weighted by Crippen LogP contribution is -2.46. The molecule has 0 radical (unpaired) electrons. The van der Waals surface area contributed by atoms with Crippen molar-refractivity contribution in [2.45, 2.75) is 105 Å². The molecule has 3 N–H and O–H groups in total. The van der Waals surface area contributed by atoms with Gasteiger partial charge in [0.2, 0.25) is 11.6 Å². The number of amides is 1. The van der Waals surface area contributed by atoms with Gasteiger partial charge >= 0.3 is 17.7 Å². The van der Waals surface area contributed by atoms with E-state index in [0.717, 1.165) is 6.42 Å². The highest BCUT2D eigenvalue weighted by atomic mass is 16.7. The average Bonchev–Trinajstić information content (AvgIpc) is 3.54. The van der Waals surface area contributed by atoms with E-state index in [1.165, 1.54) is 65.4 Å². The van der Waals surface area contributed by atoms with Gasteiger partial charge in [-0.05, 0) is 51.3 Å². The number of nitrogens with zero attached hydrogens (tertiary/aromatic N) is 1. The summed E-state index contributed by atoms with van der Waals surface area (Å²) in [5.41, 5.74) is -1.13. The lowest BCUT2D eigenvalue weighted by molar-refractivity contribution is -0.160. The SMILES string of the molecule is CO[C@H]1/C=C\O[C@@]2(C)Oc3c(C)c(OC(=O)c4ccccc4)c4c(c3C2=O)C(=O)C(N2CCCCC2)=C(NC(=O)/C(C)=C\C=C/[C@H](C)[C@H](O)[C@@H](C)[C@H](O)[C@H](C)[C@H](OC(C)=O)[C@@H]1C)C4=O. The molecule has 1 saturated heterocycles. The highest BCUT2D eigenvalue weighted by molar-refractivity contribution is 6.32. The summed E-state index contributed by atoms with van der Waals surface area (Å²) in [7, 11) is 1.43. The highest BCUT2D eigenvalue weighted by Crippen LogP contribution is 2.50. The third-order valence-corrected chi connectivity index (χ3v) is 12.8. The van der Waals surface area contributed by atoms with E-state index < -0.39 is 94.6 Å². The van der Waals surface area contributed by atoms with Gasteiger partial charge in [-0.2, -0.15) is 0 Å². The Hall–Kier alpha value is -5.90. The zero-order chi connectivity index (χ0) is 46.8. The summed E-state index contributed by atoms with van der Waals surface area (Å²) in [6, 6.07) is 8.01. The largest absolute Gasteiger partial charge is 0.462 e. The molecular formula is C49H58N2O13. The molecule has 1 fully saturated rings. The molecule has 2 aromatic carbocycles. The Balaban J connectivity index is 1.55. The number of aliphatic hydroxyl groups is 2. The second-order valence-corrected chi connectivity index (χ2v) is 17.3. The van der Waals surface area contributed by atoms with E-state index in [1.54, 1.807) is 62.9 Å². The van der Waals surface area contributed by atoms with Crippen LogP contribution < -0.4 is 14.8 Å². The van der Waals surface area contributed by atoms with Gasteiger partial charge in [0.05, 0.1) is 46.8 Å². The number of carbonyl (C=O) groups is 6. The van der Waals surface area contributed by atoms with E-state index in [4.69, 9.17) is 23.7 Å². The number of allylic oxidation sites excluding steroid dienone is 4. The van der Waals surface area contributed by atoms with Crippen LogP contribution >= 0.6 is 0 Å². The Labute approximate surface area is 373 Å². The number of aliphatic hydroxyl groups excluding tert-OH is 2. The number of fused-ring (bicyclic) bond motifs is 14. The number of hydrogen-bond donors (Lipinski definition) is 3. The first-order valence-corrected chi connectivity index (χ1v) is 21.7.